The molecule has 1 saturated heterocycles. The molecule has 0 bridgehead atoms. The number of fused-ring (bicyclic) bond motifs is 1. The lowest BCUT2D eigenvalue weighted by Gasteiger charge is -2.38. The molecule has 1 aliphatic heterocycles. The third-order valence-corrected chi connectivity index (χ3v) is 4.71. The molecule has 128 valence electrons. The Kier molecular flexibility index (Phi) is 4.99. The van der Waals surface area contributed by atoms with Crippen LogP contribution in [0.4, 0.5) is 0 Å². The highest BCUT2D eigenvalue weighted by molar-refractivity contribution is 5.76. The van der Waals surface area contributed by atoms with Crippen LogP contribution in [0, 0.1) is 0 Å². The minimum absolute atomic E-state index is 0.00326. The van der Waals surface area contributed by atoms with Crippen LogP contribution in [0.25, 0.3) is 0 Å². The highest BCUT2D eigenvalue weighted by Gasteiger charge is 2.43. The molecule has 0 aromatic carbocycles. The predicted octanol–water partition coefficient (Wildman–Crippen LogP) is 0.257. The molecule has 3 rings (SSSR count). The van der Waals surface area contributed by atoms with Gasteiger partial charge in [0.15, 0.2) is 0 Å². The van der Waals surface area contributed by atoms with Gasteiger partial charge < -0.3 is 14.4 Å². The van der Waals surface area contributed by atoms with Gasteiger partial charge in [-0.1, -0.05) is 0 Å². The topological polar surface area (TPSA) is 59.8 Å². The molecule has 1 aromatic rings. The van der Waals surface area contributed by atoms with Crippen LogP contribution < -0.4 is 0 Å². The molecule has 1 aromatic heterocycles. The monoisotopic (exact) mass is 322 g/mol. The average Bonchev–Trinajstić information content (AvgIpc) is 3.11. The zero-order chi connectivity index (χ0) is 16.4. The number of aromatic nitrogens is 2. The summed E-state index contributed by atoms with van der Waals surface area (Å²) in [6, 6.07) is 0.364. The number of morpholine rings is 1. The number of aryl methyl sites for hydroxylation is 1. The quantitative estimate of drug-likeness (QED) is 0.778. The number of amides is 1. The summed E-state index contributed by atoms with van der Waals surface area (Å²) >= 11 is 0. The molecule has 7 nitrogen and oxygen atoms in total. The summed E-state index contributed by atoms with van der Waals surface area (Å²) in [5.41, 5.74) is 1.22. The van der Waals surface area contributed by atoms with Gasteiger partial charge >= 0.3 is 0 Å². The zero-order valence-corrected chi connectivity index (χ0v) is 14.1. The lowest BCUT2D eigenvalue weighted by molar-refractivity contribution is -0.144. The Morgan fingerprint density at radius 3 is 3.00 bits per heavy atom. The molecule has 3 atom stereocenters. The second-order valence-electron chi connectivity index (χ2n) is 6.61. The van der Waals surface area contributed by atoms with Crippen molar-refractivity contribution < 1.29 is 14.3 Å². The van der Waals surface area contributed by atoms with Crippen molar-refractivity contribution in [3.63, 3.8) is 0 Å². The molecule has 0 N–H and O–H groups in total. The Hall–Kier alpha value is -1.44. The molecule has 2 fully saturated rings. The molecule has 7 heteroatoms. The van der Waals surface area contributed by atoms with E-state index < -0.39 is 0 Å². The summed E-state index contributed by atoms with van der Waals surface area (Å²) in [7, 11) is 5.43. The molecule has 1 aliphatic carbocycles. The van der Waals surface area contributed by atoms with Gasteiger partial charge in [0.2, 0.25) is 5.91 Å². The molecule has 1 amide bonds. The number of carbonyl (C=O) groups is 1. The van der Waals surface area contributed by atoms with Crippen molar-refractivity contribution in [2.45, 2.75) is 37.6 Å². The fourth-order valence-electron chi connectivity index (χ4n) is 3.46. The fourth-order valence-corrected chi connectivity index (χ4v) is 3.46. The molecule has 2 heterocycles. The summed E-state index contributed by atoms with van der Waals surface area (Å²) in [5, 5.41) is 4.24. The maximum absolute atomic E-state index is 11.7. The van der Waals surface area contributed by atoms with Crippen molar-refractivity contribution in [2.24, 2.45) is 7.05 Å². The van der Waals surface area contributed by atoms with Gasteiger partial charge in [0.1, 0.15) is 6.61 Å². The molecule has 1 saturated carbocycles. The maximum atomic E-state index is 11.7. The Labute approximate surface area is 137 Å². The smallest absolute Gasteiger partial charge is 0.248 e. The van der Waals surface area contributed by atoms with Crippen LogP contribution in [-0.2, 0) is 27.9 Å². The number of carbonyl (C=O) groups excluding carboxylic acids is 1. The largest absolute Gasteiger partial charge is 0.373 e. The molecular formula is C16H26N4O3. The van der Waals surface area contributed by atoms with Gasteiger partial charge in [-0.15, -0.1) is 0 Å². The van der Waals surface area contributed by atoms with Gasteiger partial charge in [0.25, 0.3) is 0 Å². The van der Waals surface area contributed by atoms with Crippen LogP contribution in [0.3, 0.4) is 0 Å². The molecule has 2 aliphatic rings. The Bertz CT molecular complexity index is 545. The van der Waals surface area contributed by atoms with Crippen LogP contribution in [-0.4, -0.2) is 77.6 Å². The summed E-state index contributed by atoms with van der Waals surface area (Å²) in [6.07, 6.45) is 6.05. The van der Waals surface area contributed by atoms with E-state index in [-0.39, 0.29) is 24.7 Å². The molecule has 0 radical (unpaired) electrons. The van der Waals surface area contributed by atoms with E-state index in [1.807, 2.05) is 17.9 Å². The first kappa shape index (κ1) is 16.4. The van der Waals surface area contributed by atoms with Crippen LogP contribution in [0.1, 0.15) is 18.4 Å². The summed E-state index contributed by atoms with van der Waals surface area (Å²) < 4.78 is 13.6. The van der Waals surface area contributed by atoms with E-state index in [2.05, 4.69) is 16.2 Å². The van der Waals surface area contributed by atoms with Crippen molar-refractivity contribution in [3.05, 3.63) is 18.0 Å². The molecule has 23 heavy (non-hydrogen) atoms. The summed E-state index contributed by atoms with van der Waals surface area (Å²) in [6.45, 7) is 2.66. The Balaban J connectivity index is 1.57. The summed E-state index contributed by atoms with van der Waals surface area (Å²) in [4.78, 5) is 15.7. The van der Waals surface area contributed by atoms with Gasteiger partial charge in [0.05, 0.1) is 25.0 Å². The molecular weight excluding hydrogens is 296 g/mol. The number of hydrogen-bond acceptors (Lipinski definition) is 5. The first-order valence-corrected chi connectivity index (χ1v) is 8.19. The second-order valence-corrected chi connectivity index (χ2v) is 6.61. The van der Waals surface area contributed by atoms with E-state index in [0.717, 1.165) is 25.9 Å². The van der Waals surface area contributed by atoms with E-state index in [0.29, 0.717) is 12.6 Å². The van der Waals surface area contributed by atoms with Gasteiger partial charge in [-0.05, 0) is 12.8 Å². The average molecular weight is 322 g/mol. The number of nitrogens with zero attached hydrogens (tertiary/aromatic N) is 4. The Morgan fingerprint density at radius 1 is 1.48 bits per heavy atom. The lowest BCUT2D eigenvalue weighted by Crippen LogP contribution is -2.51. The lowest BCUT2D eigenvalue weighted by atomic mass is 10.1. The van der Waals surface area contributed by atoms with E-state index >= 15 is 0 Å². The number of hydrogen-bond donors (Lipinski definition) is 0. The number of rotatable bonds is 5. The number of likely N-dealkylation sites (N-methyl/N-ethyl adjacent to an activating group) is 1. The van der Waals surface area contributed by atoms with Crippen molar-refractivity contribution in [1.82, 2.24) is 19.6 Å². The van der Waals surface area contributed by atoms with Gasteiger partial charge in [-0.25, -0.2) is 0 Å². The predicted molar refractivity (Wildman–Crippen MR) is 84.8 cm³/mol. The fraction of sp³-hybridized carbons (Fsp3) is 0.750. The maximum Gasteiger partial charge on any atom is 0.248 e. The highest BCUT2D eigenvalue weighted by atomic mass is 16.5. The zero-order valence-electron chi connectivity index (χ0n) is 14.1. The van der Waals surface area contributed by atoms with E-state index in [9.17, 15) is 4.79 Å². The third kappa shape index (κ3) is 3.73. The van der Waals surface area contributed by atoms with Crippen LogP contribution >= 0.6 is 0 Å². The minimum Gasteiger partial charge on any atom is -0.373 e. The molecule has 0 unspecified atom stereocenters. The van der Waals surface area contributed by atoms with E-state index in [4.69, 9.17) is 9.47 Å². The normalized spacial score (nSPS) is 27.9. The van der Waals surface area contributed by atoms with Crippen LogP contribution in [0.15, 0.2) is 12.4 Å². The van der Waals surface area contributed by atoms with Crippen molar-refractivity contribution in [1.29, 1.82) is 0 Å². The summed E-state index contributed by atoms with van der Waals surface area (Å²) in [5.74, 6) is -0.00326. The van der Waals surface area contributed by atoms with Crippen LogP contribution in [0.5, 0.6) is 0 Å². The number of ether oxygens (including phenoxy) is 2. The van der Waals surface area contributed by atoms with E-state index in [1.165, 1.54) is 5.56 Å². The van der Waals surface area contributed by atoms with Crippen molar-refractivity contribution in [3.8, 4) is 0 Å². The van der Waals surface area contributed by atoms with Crippen LogP contribution in [0.2, 0.25) is 0 Å². The van der Waals surface area contributed by atoms with Gasteiger partial charge in [-0.2, -0.15) is 5.10 Å². The van der Waals surface area contributed by atoms with E-state index in [1.54, 1.807) is 19.0 Å². The van der Waals surface area contributed by atoms with Gasteiger partial charge in [-0.3, -0.25) is 14.4 Å². The first-order valence-electron chi connectivity index (χ1n) is 8.19. The highest BCUT2D eigenvalue weighted by Crippen LogP contribution is 2.32. The van der Waals surface area contributed by atoms with Crippen molar-refractivity contribution in [2.75, 3.05) is 33.9 Å². The van der Waals surface area contributed by atoms with Crippen molar-refractivity contribution >= 4 is 5.91 Å². The standard InChI is InChI=1S/C16H26N4O3/c1-18(2)15(21)11-23-14-5-4-13-16(14)22-7-6-20(13)10-12-8-17-19(3)9-12/h8-9,13-14,16H,4-7,10-11H2,1-3H3/t13-,14+,16+/m0/s1. The molecule has 0 spiro atoms. The van der Waals surface area contributed by atoms with Gasteiger partial charge in [0, 0.05) is 52.0 Å². The Morgan fingerprint density at radius 2 is 2.30 bits per heavy atom. The first-order chi connectivity index (χ1) is 11.0. The second kappa shape index (κ2) is 6.98. The SMILES string of the molecule is CN(C)C(=O)CO[C@@H]1CC[C@H]2[C@H]1OCCN2Cc1cnn(C)c1. The minimum atomic E-state index is -0.00326. The third-order valence-electron chi connectivity index (χ3n) is 4.71.